The van der Waals surface area contributed by atoms with Crippen LogP contribution in [0.15, 0.2) is 48.5 Å². The van der Waals surface area contributed by atoms with Gasteiger partial charge in [0, 0.05) is 31.4 Å². The Kier molecular flexibility index (Phi) is 5.40. The Bertz CT molecular complexity index is 1000. The van der Waals surface area contributed by atoms with Crippen molar-refractivity contribution in [2.45, 2.75) is 12.5 Å². The lowest BCUT2D eigenvalue weighted by Crippen LogP contribution is -2.31. The van der Waals surface area contributed by atoms with Gasteiger partial charge in [-0.1, -0.05) is 59.6 Å². The van der Waals surface area contributed by atoms with E-state index < -0.39 is 0 Å². The van der Waals surface area contributed by atoms with Gasteiger partial charge >= 0.3 is 0 Å². The van der Waals surface area contributed by atoms with E-state index in [0.717, 1.165) is 28.8 Å². The van der Waals surface area contributed by atoms with Crippen molar-refractivity contribution in [1.29, 1.82) is 0 Å². The number of fused-ring (bicyclic) bond motifs is 1. The zero-order valence-electron chi connectivity index (χ0n) is 15.3. The molecule has 7 heteroatoms. The van der Waals surface area contributed by atoms with Crippen LogP contribution in [0, 0.1) is 0 Å². The van der Waals surface area contributed by atoms with E-state index in [4.69, 9.17) is 27.9 Å². The van der Waals surface area contributed by atoms with Crippen LogP contribution in [0.1, 0.15) is 34.1 Å². The Balaban J connectivity index is 1.83. The maximum atomic E-state index is 13.1. The molecule has 0 radical (unpaired) electrons. The quantitative estimate of drug-likeness (QED) is 0.578. The average molecular weight is 416 g/mol. The topological polar surface area (TPSA) is 58.2 Å². The molecule has 1 unspecified atom stereocenters. The zero-order valence-corrected chi connectivity index (χ0v) is 16.8. The van der Waals surface area contributed by atoms with Crippen molar-refractivity contribution < 1.29 is 9.53 Å². The summed E-state index contributed by atoms with van der Waals surface area (Å²) in [5, 5.41) is 8.34. The third-order valence-corrected chi connectivity index (χ3v) is 5.66. The number of carbonyl (C=O) groups excluding carboxylic acids is 1. The van der Waals surface area contributed by atoms with E-state index in [1.165, 1.54) is 0 Å². The number of methoxy groups -OCH3 is 1. The average Bonchev–Trinajstić information content (AvgIpc) is 3.25. The lowest BCUT2D eigenvalue weighted by atomic mass is 9.96. The van der Waals surface area contributed by atoms with Crippen LogP contribution in [0.4, 0.5) is 0 Å². The van der Waals surface area contributed by atoms with Gasteiger partial charge in [0.25, 0.3) is 5.91 Å². The summed E-state index contributed by atoms with van der Waals surface area (Å²) in [6.45, 7) is 1.14. The molecule has 0 saturated carbocycles. The highest BCUT2D eigenvalue weighted by Gasteiger charge is 2.41. The Labute approximate surface area is 173 Å². The highest BCUT2D eigenvalue weighted by Crippen LogP contribution is 2.43. The van der Waals surface area contributed by atoms with Crippen LogP contribution in [0.25, 0.3) is 11.3 Å². The van der Waals surface area contributed by atoms with Gasteiger partial charge in [0.1, 0.15) is 5.69 Å². The van der Waals surface area contributed by atoms with Gasteiger partial charge in [-0.15, -0.1) is 0 Å². The number of H-pyrrole nitrogens is 1. The molecule has 1 aliphatic heterocycles. The second-order valence-corrected chi connectivity index (χ2v) is 7.46. The molecule has 1 aliphatic rings. The lowest BCUT2D eigenvalue weighted by Gasteiger charge is -2.26. The number of hydrogen-bond donors (Lipinski definition) is 1. The highest BCUT2D eigenvalue weighted by atomic mass is 35.5. The van der Waals surface area contributed by atoms with Crippen molar-refractivity contribution in [2.24, 2.45) is 0 Å². The molecular formula is C21H19Cl2N3O2. The highest BCUT2D eigenvalue weighted by molar-refractivity contribution is 6.42. The number of rotatable bonds is 6. The van der Waals surface area contributed by atoms with E-state index >= 15 is 0 Å². The van der Waals surface area contributed by atoms with Gasteiger partial charge < -0.3 is 9.64 Å². The molecule has 5 nitrogen and oxygen atoms in total. The molecule has 0 bridgehead atoms. The van der Waals surface area contributed by atoms with Crippen LogP contribution < -0.4 is 0 Å². The van der Waals surface area contributed by atoms with E-state index in [2.05, 4.69) is 10.2 Å². The summed E-state index contributed by atoms with van der Waals surface area (Å²) >= 11 is 12.4. The molecule has 1 atom stereocenters. The second-order valence-electron chi connectivity index (χ2n) is 6.65. The molecule has 0 saturated heterocycles. The minimum Gasteiger partial charge on any atom is -0.385 e. The fourth-order valence-electron chi connectivity index (χ4n) is 3.65. The Hall–Kier alpha value is -2.34. The van der Waals surface area contributed by atoms with Crippen LogP contribution >= 0.6 is 23.2 Å². The number of aromatic amines is 1. The maximum Gasteiger partial charge on any atom is 0.273 e. The monoisotopic (exact) mass is 415 g/mol. The number of benzene rings is 2. The summed E-state index contributed by atoms with van der Waals surface area (Å²) in [5.74, 6) is -0.0724. The molecule has 4 rings (SSSR count). The van der Waals surface area contributed by atoms with Gasteiger partial charge in [0.2, 0.25) is 0 Å². The van der Waals surface area contributed by atoms with E-state index in [-0.39, 0.29) is 11.9 Å². The van der Waals surface area contributed by atoms with Gasteiger partial charge in [-0.05, 0) is 24.1 Å². The summed E-state index contributed by atoms with van der Waals surface area (Å²) in [6.07, 6.45) is 0.735. The van der Waals surface area contributed by atoms with Crippen molar-refractivity contribution in [3.8, 4) is 11.3 Å². The molecule has 0 fully saturated rings. The SMILES string of the molecule is COCCCN1C(=O)c2[nH]nc(-c3ccccc3)c2C1c1ccc(Cl)c(Cl)c1. The summed E-state index contributed by atoms with van der Waals surface area (Å²) in [6, 6.07) is 15.0. The molecule has 2 heterocycles. The summed E-state index contributed by atoms with van der Waals surface area (Å²) in [7, 11) is 1.65. The van der Waals surface area contributed by atoms with Crippen molar-refractivity contribution in [3.05, 3.63) is 75.4 Å². The summed E-state index contributed by atoms with van der Waals surface area (Å²) in [5.41, 5.74) is 4.02. The number of ether oxygens (including phenoxy) is 1. The first-order chi connectivity index (χ1) is 13.6. The molecule has 1 N–H and O–H groups in total. The van der Waals surface area contributed by atoms with Gasteiger partial charge in [0.15, 0.2) is 0 Å². The van der Waals surface area contributed by atoms with Crippen LogP contribution in [-0.4, -0.2) is 41.3 Å². The maximum absolute atomic E-state index is 13.1. The van der Waals surface area contributed by atoms with E-state index in [0.29, 0.717) is 28.9 Å². The van der Waals surface area contributed by atoms with E-state index in [1.54, 1.807) is 13.2 Å². The van der Waals surface area contributed by atoms with E-state index in [9.17, 15) is 4.79 Å². The first kappa shape index (κ1) is 19.0. The first-order valence-electron chi connectivity index (χ1n) is 9.00. The van der Waals surface area contributed by atoms with Crippen LogP contribution in [0.5, 0.6) is 0 Å². The molecule has 1 aromatic heterocycles. The van der Waals surface area contributed by atoms with Crippen molar-refractivity contribution in [1.82, 2.24) is 15.1 Å². The van der Waals surface area contributed by atoms with Crippen LogP contribution in [0.2, 0.25) is 10.0 Å². The van der Waals surface area contributed by atoms with Crippen molar-refractivity contribution in [2.75, 3.05) is 20.3 Å². The zero-order chi connectivity index (χ0) is 19.7. The predicted octanol–water partition coefficient (Wildman–Crippen LogP) is 4.97. The predicted molar refractivity (Wildman–Crippen MR) is 110 cm³/mol. The van der Waals surface area contributed by atoms with Gasteiger partial charge in [-0.3, -0.25) is 9.89 Å². The van der Waals surface area contributed by atoms with Crippen molar-refractivity contribution in [3.63, 3.8) is 0 Å². The Morgan fingerprint density at radius 3 is 2.64 bits per heavy atom. The van der Waals surface area contributed by atoms with Gasteiger partial charge in [-0.2, -0.15) is 5.10 Å². The molecule has 0 spiro atoms. The fourth-order valence-corrected chi connectivity index (χ4v) is 3.96. The summed E-state index contributed by atoms with van der Waals surface area (Å²) < 4.78 is 5.17. The Morgan fingerprint density at radius 1 is 1.14 bits per heavy atom. The minimum absolute atomic E-state index is 0.0724. The number of hydrogen-bond acceptors (Lipinski definition) is 3. The molecule has 144 valence electrons. The fraction of sp³-hybridized carbons (Fsp3) is 0.238. The second kappa shape index (κ2) is 7.95. The number of aromatic nitrogens is 2. The van der Waals surface area contributed by atoms with Crippen LogP contribution in [-0.2, 0) is 4.74 Å². The number of carbonyl (C=O) groups is 1. The van der Waals surface area contributed by atoms with Crippen molar-refractivity contribution >= 4 is 29.1 Å². The normalized spacial score (nSPS) is 15.9. The lowest BCUT2D eigenvalue weighted by molar-refractivity contribution is 0.0723. The molecule has 28 heavy (non-hydrogen) atoms. The third kappa shape index (κ3) is 3.30. The largest absolute Gasteiger partial charge is 0.385 e. The molecule has 2 aromatic carbocycles. The molecule has 1 amide bonds. The minimum atomic E-state index is -0.289. The number of nitrogens with zero attached hydrogens (tertiary/aromatic N) is 2. The Morgan fingerprint density at radius 2 is 1.93 bits per heavy atom. The van der Waals surface area contributed by atoms with Crippen LogP contribution in [0.3, 0.4) is 0 Å². The van der Waals surface area contributed by atoms with Gasteiger partial charge in [0.05, 0.1) is 21.8 Å². The molecule has 0 aliphatic carbocycles. The molecular weight excluding hydrogens is 397 g/mol. The summed E-state index contributed by atoms with van der Waals surface area (Å²) in [4.78, 5) is 15.0. The number of halogens is 2. The first-order valence-corrected chi connectivity index (χ1v) is 9.76. The number of nitrogens with one attached hydrogen (secondary N) is 1. The van der Waals surface area contributed by atoms with Gasteiger partial charge in [-0.25, -0.2) is 0 Å². The number of amides is 1. The molecule has 3 aromatic rings. The third-order valence-electron chi connectivity index (χ3n) is 4.92. The standard InChI is InChI=1S/C21H19Cl2N3O2/c1-28-11-5-10-26-20(14-8-9-15(22)16(23)12-14)17-18(13-6-3-2-4-7-13)24-25-19(17)21(26)27/h2-4,6-9,12,20H,5,10-11H2,1H3,(H,24,25). The van der Waals surface area contributed by atoms with E-state index in [1.807, 2.05) is 47.4 Å². The smallest absolute Gasteiger partial charge is 0.273 e.